The van der Waals surface area contributed by atoms with E-state index in [1.807, 2.05) is 31.2 Å². The summed E-state index contributed by atoms with van der Waals surface area (Å²) in [6.45, 7) is 6.92. The molecule has 2 aromatic heterocycles. The van der Waals surface area contributed by atoms with Crippen LogP contribution in [0.15, 0.2) is 35.0 Å². The van der Waals surface area contributed by atoms with Gasteiger partial charge in [0.2, 0.25) is 0 Å². The van der Waals surface area contributed by atoms with Gasteiger partial charge in [-0.25, -0.2) is 0 Å². The second-order valence-electron chi connectivity index (χ2n) is 7.14. The van der Waals surface area contributed by atoms with Crippen LogP contribution in [0, 0.1) is 12.8 Å². The number of rotatable bonds is 7. The summed E-state index contributed by atoms with van der Waals surface area (Å²) in [6, 6.07) is 7.91. The highest BCUT2D eigenvalue weighted by Gasteiger charge is 2.52. The molecule has 1 atom stereocenters. The number of likely N-dealkylation sites (tertiary alicyclic amines) is 1. The molecule has 134 valence electrons. The molecule has 0 saturated carbocycles. The third-order valence-electron chi connectivity index (χ3n) is 5.23. The van der Waals surface area contributed by atoms with Crippen LogP contribution in [0.3, 0.4) is 0 Å². The van der Waals surface area contributed by atoms with Gasteiger partial charge in [-0.05, 0) is 37.8 Å². The highest BCUT2D eigenvalue weighted by atomic mass is 16.5. The normalized spacial score (nSPS) is 22.4. The molecule has 4 heterocycles. The molecule has 0 N–H and O–H groups in total. The Morgan fingerprint density at radius 1 is 1.32 bits per heavy atom. The molecule has 25 heavy (non-hydrogen) atoms. The third kappa shape index (κ3) is 3.76. The Morgan fingerprint density at radius 3 is 3.00 bits per heavy atom. The fourth-order valence-corrected chi connectivity index (χ4v) is 3.97. The summed E-state index contributed by atoms with van der Waals surface area (Å²) in [5, 5.41) is 4.08. The molecule has 4 rings (SSSR count). The second-order valence-corrected chi connectivity index (χ2v) is 7.14. The zero-order valence-corrected chi connectivity index (χ0v) is 14.7. The summed E-state index contributed by atoms with van der Waals surface area (Å²) in [5.41, 5.74) is 2.01. The fraction of sp³-hybridized carbons (Fsp3) is 0.579. The summed E-state index contributed by atoms with van der Waals surface area (Å²) in [6.07, 6.45) is 3.98. The molecule has 6 heteroatoms. The van der Waals surface area contributed by atoms with Gasteiger partial charge >= 0.3 is 0 Å². The molecule has 0 unspecified atom stereocenters. The van der Waals surface area contributed by atoms with Crippen molar-refractivity contribution in [2.45, 2.75) is 38.5 Å². The van der Waals surface area contributed by atoms with E-state index in [1.165, 1.54) is 0 Å². The summed E-state index contributed by atoms with van der Waals surface area (Å²) in [7, 11) is 0. The van der Waals surface area contributed by atoms with Crippen molar-refractivity contribution in [2.75, 3.05) is 26.3 Å². The lowest BCUT2D eigenvalue weighted by Gasteiger charge is -2.50. The molecule has 2 saturated heterocycles. The molecular weight excluding hydrogens is 318 g/mol. The van der Waals surface area contributed by atoms with Crippen LogP contribution in [-0.2, 0) is 22.6 Å². The average molecular weight is 343 g/mol. The average Bonchev–Trinajstić information content (AvgIpc) is 3.19. The topological polar surface area (TPSA) is 60.6 Å². The predicted octanol–water partition coefficient (Wildman–Crippen LogP) is 2.58. The first kappa shape index (κ1) is 16.7. The van der Waals surface area contributed by atoms with Gasteiger partial charge in [0, 0.05) is 45.1 Å². The van der Waals surface area contributed by atoms with Crippen LogP contribution in [-0.4, -0.2) is 46.9 Å². The Balaban J connectivity index is 1.21. The Morgan fingerprint density at radius 2 is 2.24 bits per heavy atom. The number of aryl methyl sites for hydroxylation is 1. The number of hydrogen-bond acceptors (Lipinski definition) is 6. The first-order chi connectivity index (χ1) is 12.2. The van der Waals surface area contributed by atoms with Crippen LogP contribution in [0.4, 0.5) is 0 Å². The molecule has 6 nitrogen and oxygen atoms in total. The van der Waals surface area contributed by atoms with E-state index >= 15 is 0 Å². The molecule has 0 bridgehead atoms. The van der Waals surface area contributed by atoms with Crippen LogP contribution in [0.1, 0.15) is 30.0 Å². The van der Waals surface area contributed by atoms with Gasteiger partial charge in [-0.2, -0.15) is 0 Å². The van der Waals surface area contributed by atoms with E-state index in [4.69, 9.17) is 14.0 Å². The van der Waals surface area contributed by atoms with E-state index in [2.05, 4.69) is 15.0 Å². The minimum Gasteiger partial charge on any atom is -0.375 e. The van der Waals surface area contributed by atoms with E-state index in [0.717, 1.165) is 62.8 Å². The summed E-state index contributed by atoms with van der Waals surface area (Å²) in [4.78, 5) is 6.66. The van der Waals surface area contributed by atoms with Crippen molar-refractivity contribution in [1.82, 2.24) is 15.0 Å². The Labute approximate surface area is 148 Å². The van der Waals surface area contributed by atoms with Crippen molar-refractivity contribution in [1.29, 1.82) is 0 Å². The first-order valence-electron chi connectivity index (χ1n) is 9.00. The maximum absolute atomic E-state index is 6.12. The molecular formula is C19H25N3O3. The number of hydrogen-bond donors (Lipinski definition) is 0. The fourth-order valence-electron chi connectivity index (χ4n) is 3.97. The molecule has 2 aliphatic heterocycles. The number of aromatic nitrogens is 2. The standard InChI is InChI=1S/C19H25N3O3/c1-15-10-18(21-25-15)11-22-13-19(14-22)16(6-9-24-19)5-8-23-12-17-4-2-3-7-20-17/h2-4,7,10,16H,5-6,8-9,11-14H2,1H3/t16-/m1/s1. The Kier molecular flexibility index (Phi) is 4.83. The first-order valence-corrected chi connectivity index (χ1v) is 9.00. The van der Waals surface area contributed by atoms with Gasteiger partial charge in [-0.3, -0.25) is 9.88 Å². The van der Waals surface area contributed by atoms with Gasteiger partial charge in [0.05, 0.1) is 23.6 Å². The quantitative estimate of drug-likeness (QED) is 0.720. The Bertz CT molecular complexity index is 682. The lowest BCUT2D eigenvalue weighted by atomic mass is 9.79. The number of ether oxygens (including phenoxy) is 2. The molecule has 1 spiro atoms. The van der Waals surface area contributed by atoms with E-state index < -0.39 is 0 Å². The van der Waals surface area contributed by atoms with E-state index in [1.54, 1.807) is 6.20 Å². The molecule has 0 radical (unpaired) electrons. The summed E-state index contributed by atoms with van der Waals surface area (Å²) < 4.78 is 17.1. The van der Waals surface area contributed by atoms with Crippen molar-refractivity contribution >= 4 is 0 Å². The monoisotopic (exact) mass is 343 g/mol. The van der Waals surface area contributed by atoms with E-state index in [9.17, 15) is 0 Å². The predicted molar refractivity (Wildman–Crippen MR) is 91.8 cm³/mol. The summed E-state index contributed by atoms with van der Waals surface area (Å²) >= 11 is 0. The zero-order valence-electron chi connectivity index (χ0n) is 14.7. The van der Waals surface area contributed by atoms with Gasteiger partial charge in [0.25, 0.3) is 0 Å². The number of nitrogens with zero attached hydrogens (tertiary/aromatic N) is 3. The van der Waals surface area contributed by atoms with Gasteiger partial charge < -0.3 is 14.0 Å². The largest absolute Gasteiger partial charge is 0.375 e. The van der Waals surface area contributed by atoms with Gasteiger partial charge in [0.15, 0.2) is 0 Å². The minimum absolute atomic E-state index is 0.0210. The lowest BCUT2D eigenvalue weighted by molar-refractivity contribution is -0.139. The van der Waals surface area contributed by atoms with Gasteiger partial charge in [-0.1, -0.05) is 11.2 Å². The SMILES string of the molecule is Cc1cc(CN2CC3(C2)OCC[C@H]3CCOCc2ccccn2)no1. The molecule has 2 aromatic rings. The maximum Gasteiger partial charge on any atom is 0.133 e. The third-order valence-corrected chi connectivity index (χ3v) is 5.23. The van der Waals surface area contributed by atoms with Crippen LogP contribution >= 0.6 is 0 Å². The highest BCUT2D eigenvalue weighted by Crippen LogP contribution is 2.42. The molecule has 2 aliphatic rings. The second kappa shape index (κ2) is 7.23. The van der Waals surface area contributed by atoms with Crippen molar-refractivity contribution in [2.24, 2.45) is 5.92 Å². The number of pyridine rings is 1. The molecule has 2 fully saturated rings. The van der Waals surface area contributed by atoms with Crippen LogP contribution < -0.4 is 0 Å². The van der Waals surface area contributed by atoms with Crippen molar-refractivity contribution in [3.63, 3.8) is 0 Å². The Hall–Kier alpha value is -1.76. The molecule has 0 aliphatic carbocycles. The van der Waals surface area contributed by atoms with Gasteiger partial charge in [-0.15, -0.1) is 0 Å². The van der Waals surface area contributed by atoms with E-state index in [-0.39, 0.29) is 5.60 Å². The van der Waals surface area contributed by atoms with Crippen molar-refractivity contribution < 1.29 is 14.0 Å². The van der Waals surface area contributed by atoms with E-state index in [0.29, 0.717) is 12.5 Å². The maximum atomic E-state index is 6.12. The molecule has 0 amide bonds. The zero-order chi connectivity index (χ0) is 17.1. The lowest BCUT2D eigenvalue weighted by Crippen LogP contribution is -2.64. The van der Waals surface area contributed by atoms with Crippen molar-refractivity contribution in [3.05, 3.63) is 47.6 Å². The summed E-state index contributed by atoms with van der Waals surface area (Å²) in [5.74, 6) is 1.44. The highest BCUT2D eigenvalue weighted by molar-refractivity contribution is 5.09. The van der Waals surface area contributed by atoms with Crippen LogP contribution in [0.2, 0.25) is 0 Å². The van der Waals surface area contributed by atoms with Gasteiger partial charge in [0.1, 0.15) is 5.76 Å². The molecule has 0 aromatic carbocycles. The van der Waals surface area contributed by atoms with Crippen molar-refractivity contribution in [3.8, 4) is 0 Å². The smallest absolute Gasteiger partial charge is 0.133 e. The minimum atomic E-state index is 0.0210. The van der Waals surface area contributed by atoms with Crippen LogP contribution in [0.5, 0.6) is 0 Å². The van der Waals surface area contributed by atoms with Crippen LogP contribution in [0.25, 0.3) is 0 Å².